The minimum atomic E-state index is 0.143. The summed E-state index contributed by atoms with van der Waals surface area (Å²) in [6.07, 6.45) is 3.81. The molecule has 0 unspecified atom stereocenters. The van der Waals surface area contributed by atoms with Gasteiger partial charge in [-0.3, -0.25) is 4.79 Å². The van der Waals surface area contributed by atoms with Gasteiger partial charge in [0.15, 0.2) is 0 Å². The Bertz CT molecular complexity index is 886. The van der Waals surface area contributed by atoms with Crippen molar-refractivity contribution in [2.75, 3.05) is 44.9 Å². The van der Waals surface area contributed by atoms with Crippen LogP contribution < -0.4 is 9.64 Å². The SMILES string of the molecule is COc1ccc(Br)cc1CCC(=O)N1CCc2cnc(N3CCOCC3)nc2C1. The van der Waals surface area contributed by atoms with Gasteiger partial charge in [0.25, 0.3) is 0 Å². The van der Waals surface area contributed by atoms with E-state index in [1.165, 1.54) is 0 Å². The van der Waals surface area contributed by atoms with Crippen LogP contribution >= 0.6 is 15.9 Å². The Morgan fingerprint density at radius 1 is 1.28 bits per heavy atom. The van der Waals surface area contributed by atoms with Crippen molar-refractivity contribution in [1.82, 2.24) is 14.9 Å². The van der Waals surface area contributed by atoms with Gasteiger partial charge in [-0.25, -0.2) is 9.97 Å². The number of benzene rings is 1. The predicted molar refractivity (Wildman–Crippen MR) is 113 cm³/mol. The highest BCUT2D eigenvalue weighted by molar-refractivity contribution is 9.10. The summed E-state index contributed by atoms with van der Waals surface area (Å²) in [5.74, 6) is 1.69. The summed E-state index contributed by atoms with van der Waals surface area (Å²) >= 11 is 3.49. The van der Waals surface area contributed by atoms with Crippen molar-refractivity contribution in [1.29, 1.82) is 0 Å². The Morgan fingerprint density at radius 3 is 2.90 bits per heavy atom. The number of aryl methyl sites for hydroxylation is 1. The van der Waals surface area contributed by atoms with Crippen molar-refractivity contribution in [2.45, 2.75) is 25.8 Å². The zero-order chi connectivity index (χ0) is 20.2. The molecule has 0 spiro atoms. The van der Waals surface area contributed by atoms with Crippen molar-refractivity contribution in [3.8, 4) is 5.75 Å². The van der Waals surface area contributed by atoms with E-state index in [4.69, 9.17) is 14.5 Å². The minimum Gasteiger partial charge on any atom is -0.496 e. The number of amides is 1. The molecule has 1 aromatic heterocycles. The molecule has 2 aliphatic heterocycles. The van der Waals surface area contributed by atoms with Gasteiger partial charge in [0, 0.05) is 36.7 Å². The summed E-state index contributed by atoms with van der Waals surface area (Å²) in [7, 11) is 1.65. The molecule has 1 aromatic carbocycles. The second-order valence-corrected chi connectivity index (χ2v) is 8.18. The van der Waals surface area contributed by atoms with Crippen LogP contribution in [0.5, 0.6) is 5.75 Å². The lowest BCUT2D eigenvalue weighted by Gasteiger charge is -2.31. The van der Waals surface area contributed by atoms with Gasteiger partial charge in [-0.2, -0.15) is 0 Å². The predicted octanol–water partition coefficient (Wildman–Crippen LogP) is 2.60. The third kappa shape index (κ3) is 4.70. The largest absolute Gasteiger partial charge is 0.496 e. The molecule has 0 bridgehead atoms. The van der Waals surface area contributed by atoms with Gasteiger partial charge >= 0.3 is 0 Å². The van der Waals surface area contributed by atoms with E-state index >= 15 is 0 Å². The summed E-state index contributed by atoms with van der Waals surface area (Å²) in [6.45, 7) is 4.26. The fourth-order valence-electron chi connectivity index (χ4n) is 3.76. The molecule has 3 heterocycles. The molecular formula is C21H25BrN4O3. The molecule has 0 atom stereocenters. The zero-order valence-electron chi connectivity index (χ0n) is 16.6. The number of hydrogen-bond acceptors (Lipinski definition) is 6. The van der Waals surface area contributed by atoms with Gasteiger partial charge in [0.1, 0.15) is 5.75 Å². The number of halogens is 1. The second-order valence-electron chi connectivity index (χ2n) is 7.26. The van der Waals surface area contributed by atoms with E-state index in [1.807, 2.05) is 29.3 Å². The number of anilines is 1. The highest BCUT2D eigenvalue weighted by Gasteiger charge is 2.24. The van der Waals surface area contributed by atoms with Crippen molar-refractivity contribution >= 4 is 27.8 Å². The molecule has 1 saturated heterocycles. The summed E-state index contributed by atoms with van der Waals surface area (Å²) in [5.41, 5.74) is 3.13. The average Bonchev–Trinajstić information content (AvgIpc) is 2.77. The number of methoxy groups -OCH3 is 1. The van der Waals surface area contributed by atoms with Crippen LogP contribution in [0.25, 0.3) is 0 Å². The normalized spacial score (nSPS) is 16.5. The lowest BCUT2D eigenvalue weighted by Crippen LogP contribution is -2.39. The number of hydrogen-bond donors (Lipinski definition) is 0. The maximum atomic E-state index is 12.9. The average molecular weight is 461 g/mol. The fourth-order valence-corrected chi connectivity index (χ4v) is 4.17. The number of fused-ring (bicyclic) bond motifs is 1. The molecule has 7 nitrogen and oxygen atoms in total. The maximum Gasteiger partial charge on any atom is 0.225 e. The van der Waals surface area contributed by atoms with Crippen LogP contribution in [0.1, 0.15) is 23.2 Å². The van der Waals surface area contributed by atoms with Crippen molar-refractivity contribution in [3.05, 3.63) is 45.7 Å². The monoisotopic (exact) mass is 460 g/mol. The Balaban J connectivity index is 1.41. The molecule has 8 heteroatoms. The minimum absolute atomic E-state index is 0.143. The van der Waals surface area contributed by atoms with E-state index < -0.39 is 0 Å². The molecular weight excluding hydrogens is 436 g/mol. The maximum absolute atomic E-state index is 12.9. The number of ether oxygens (including phenoxy) is 2. The third-order valence-corrected chi connectivity index (χ3v) is 5.92. The number of carbonyl (C=O) groups is 1. The van der Waals surface area contributed by atoms with Gasteiger partial charge in [-0.05, 0) is 42.2 Å². The van der Waals surface area contributed by atoms with Crippen molar-refractivity contribution in [3.63, 3.8) is 0 Å². The first kappa shape index (κ1) is 20.1. The van der Waals surface area contributed by atoms with Gasteiger partial charge in [0.05, 0.1) is 32.6 Å². The molecule has 0 N–H and O–H groups in total. The second kappa shape index (κ2) is 9.09. The van der Waals surface area contributed by atoms with Crippen LogP contribution in [0.3, 0.4) is 0 Å². The topological polar surface area (TPSA) is 67.8 Å². The van der Waals surface area contributed by atoms with Crippen LogP contribution in [0.15, 0.2) is 28.9 Å². The van der Waals surface area contributed by atoms with Crippen LogP contribution in [0, 0.1) is 0 Å². The van der Waals surface area contributed by atoms with Gasteiger partial charge < -0.3 is 19.3 Å². The molecule has 0 saturated carbocycles. The molecule has 2 aliphatic rings. The highest BCUT2D eigenvalue weighted by atomic mass is 79.9. The summed E-state index contributed by atoms with van der Waals surface area (Å²) < 4.78 is 11.8. The number of carbonyl (C=O) groups excluding carboxylic acids is 1. The molecule has 4 rings (SSSR count). The molecule has 2 aromatic rings. The summed E-state index contributed by atoms with van der Waals surface area (Å²) in [5, 5.41) is 0. The molecule has 1 fully saturated rings. The fraction of sp³-hybridized carbons (Fsp3) is 0.476. The van der Waals surface area contributed by atoms with Gasteiger partial charge in [-0.1, -0.05) is 15.9 Å². The van der Waals surface area contributed by atoms with Crippen molar-refractivity contribution in [2.24, 2.45) is 0 Å². The van der Waals surface area contributed by atoms with Crippen LogP contribution in [-0.4, -0.2) is 60.7 Å². The zero-order valence-corrected chi connectivity index (χ0v) is 18.2. The van der Waals surface area contributed by atoms with Crippen LogP contribution in [0.4, 0.5) is 5.95 Å². The van der Waals surface area contributed by atoms with Crippen LogP contribution in [0.2, 0.25) is 0 Å². The Labute approximate surface area is 179 Å². The van der Waals surface area contributed by atoms with E-state index in [2.05, 4.69) is 25.8 Å². The van der Waals surface area contributed by atoms with E-state index in [9.17, 15) is 4.79 Å². The molecule has 0 radical (unpaired) electrons. The smallest absolute Gasteiger partial charge is 0.225 e. The summed E-state index contributed by atoms with van der Waals surface area (Å²) in [4.78, 5) is 26.2. The van der Waals surface area contributed by atoms with E-state index in [1.54, 1.807) is 7.11 Å². The third-order valence-electron chi connectivity index (χ3n) is 5.43. The Kier molecular flexibility index (Phi) is 6.30. The van der Waals surface area contributed by atoms with E-state index in [0.29, 0.717) is 39.1 Å². The van der Waals surface area contributed by atoms with Crippen molar-refractivity contribution < 1.29 is 14.3 Å². The summed E-state index contributed by atoms with van der Waals surface area (Å²) in [6, 6.07) is 5.88. The van der Waals surface area contributed by atoms with Gasteiger partial charge in [0.2, 0.25) is 11.9 Å². The van der Waals surface area contributed by atoms with Crippen LogP contribution in [-0.2, 0) is 28.9 Å². The lowest BCUT2D eigenvalue weighted by atomic mass is 10.0. The number of rotatable bonds is 5. The first-order valence-corrected chi connectivity index (χ1v) is 10.7. The lowest BCUT2D eigenvalue weighted by molar-refractivity contribution is -0.132. The number of nitrogens with zero attached hydrogens (tertiary/aromatic N) is 4. The quantitative estimate of drug-likeness (QED) is 0.682. The first-order valence-electron chi connectivity index (χ1n) is 9.91. The molecule has 154 valence electrons. The standard InChI is InChI=1S/C21H25BrN4O3/c1-28-19-4-3-17(22)12-15(19)2-5-20(27)26-7-6-16-13-23-21(24-18(16)14-26)25-8-10-29-11-9-25/h3-4,12-13H,2,5-11,14H2,1H3. The molecule has 29 heavy (non-hydrogen) atoms. The number of morpholine rings is 1. The molecule has 0 aliphatic carbocycles. The van der Waals surface area contributed by atoms with E-state index in [-0.39, 0.29) is 5.91 Å². The Morgan fingerprint density at radius 2 is 2.10 bits per heavy atom. The molecule has 1 amide bonds. The first-order chi connectivity index (χ1) is 14.1. The Hall–Kier alpha value is -2.19. The number of aromatic nitrogens is 2. The van der Waals surface area contributed by atoms with Gasteiger partial charge in [-0.15, -0.1) is 0 Å². The highest BCUT2D eigenvalue weighted by Crippen LogP contribution is 2.25. The van der Waals surface area contributed by atoms with E-state index in [0.717, 1.165) is 52.5 Å².